The minimum absolute atomic E-state index is 0.138. The number of nitrogens with one attached hydrogen (secondary N) is 1. The second kappa shape index (κ2) is 7.22. The first kappa shape index (κ1) is 15.5. The van der Waals surface area contributed by atoms with Gasteiger partial charge in [-0.25, -0.2) is 0 Å². The summed E-state index contributed by atoms with van der Waals surface area (Å²) in [5.74, 6) is -0.230. The highest BCUT2D eigenvalue weighted by Crippen LogP contribution is 2.15. The van der Waals surface area contributed by atoms with E-state index in [1.807, 2.05) is 12.1 Å². The molecule has 21 heavy (non-hydrogen) atoms. The summed E-state index contributed by atoms with van der Waals surface area (Å²) >= 11 is 5.79. The van der Waals surface area contributed by atoms with Gasteiger partial charge in [0.05, 0.1) is 6.10 Å². The van der Waals surface area contributed by atoms with Crippen LogP contribution in [0.5, 0.6) is 0 Å². The van der Waals surface area contributed by atoms with Crippen molar-refractivity contribution in [1.82, 2.24) is 5.32 Å². The average molecular weight is 305 g/mol. The molecule has 0 radical (unpaired) electrons. The second-order valence-electron chi connectivity index (χ2n) is 4.68. The summed E-state index contributed by atoms with van der Waals surface area (Å²) in [6, 6.07) is 13.9. The van der Waals surface area contributed by atoms with Gasteiger partial charge in [0.1, 0.15) is 0 Å². The van der Waals surface area contributed by atoms with Crippen molar-refractivity contribution in [2.75, 3.05) is 6.54 Å². The Hall–Kier alpha value is -1.88. The van der Waals surface area contributed by atoms with Gasteiger partial charge in [0, 0.05) is 23.7 Å². The molecule has 2 aromatic carbocycles. The zero-order valence-corrected chi connectivity index (χ0v) is 12.2. The molecule has 0 heterocycles. The van der Waals surface area contributed by atoms with Crippen LogP contribution in [0.15, 0.2) is 48.5 Å². The molecule has 4 N–H and O–H groups in total. The molecule has 0 aliphatic heterocycles. The van der Waals surface area contributed by atoms with Crippen LogP contribution in [-0.4, -0.2) is 17.6 Å². The van der Waals surface area contributed by atoms with Crippen molar-refractivity contribution in [2.24, 2.45) is 5.73 Å². The molecule has 1 atom stereocenters. The van der Waals surface area contributed by atoms with Crippen molar-refractivity contribution >= 4 is 17.5 Å². The van der Waals surface area contributed by atoms with Gasteiger partial charge >= 0.3 is 0 Å². The summed E-state index contributed by atoms with van der Waals surface area (Å²) in [5, 5.41) is 13.3. The van der Waals surface area contributed by atoms with Gasteiger partial charge in [0.15, 0.2) is 0 Å². The van der Waals surface area contributed by atoms with E-state index >= 15 is 0 Å². The van der Waals surface area contributed by atoms with Crippen molar-refractivity contribution < 1.29 is 9.90 Å². The maximum atomic E-state index is 12.0. The van der Waals surface area contributed by atoms with E-state index in [9.17, 15) is 9.90 Å². The van der Waals surface area contributed by atoms with Gasteiger partial charge < -0.3 is 16.2 Å². The molecule has 0 aliphatic rings. The zero-order chi connectivity index (χ0) is 15.2. The average Bonchev–Trinajstić information content (AvgIpc) is 2.53. The lowest BCUT2D eigenvalue weighted by Crippen LogP contribution is -2.28. The van der Waals surface area contributed by atoms with Gasteiger partial charge in [-0.05, 0) is 35.4 Å². The van der Waals surface area contributed by atoms with E-state index < -0.39 is 6.10 Å². The molecule has 0 bridgehead atoms. The Morgan fingerprint density at radius 3 is 2.33 bits per heavy atom. The highest BCUT2D eigenvalue weighted by atomic mass is 35.5. The van der Waals surface area contributed by atoms with Gasteiger partial charge in [0.25, 0.3) is 5.91 Å². The fraction of sp³-hybridized carbons (Fsp3) is 0.188. The fourth-order valence-electron chi connectivity index (χ4n) is 1.89. The Bertz CT molecular complexity index is 597. The van der Waals surface area contributed by atoms with Crippen molar-refractivity contribution in [2.45, 2.75) is 12.6 Å². The van der Waals surface area contributed by atoms with Gasteiger partial charge in [-0.3, -0.25) is 4.79 Å². The molecule has 0 aromatic heterocycles. The first-order valence-corrected chi connectivity index (χ1v) is 6.98. The van der Waals surface area contributed by atoms with E-state index in [4.69, 9.17) is 17.3 Å². The van der Waals surface area contributed by atoms with E-state index in [1.54, 1.807) is 36.4 Å². The molecule has 2 rings (SSSR count). The minimum Gasteiger partial charge on any atom is -0.387 e. The SMILES string of the molecule is NCc1ccc(C(=O)NCC(O)c2ccc(Cl)cc2)cc1. The van der Waals surface area contributed by atoms with Crippen LogP contribution in [0.3, 0.4) is 0 Å². The lowest BCUT2D eigenvalue weighted by molar-refractivity contribution is 0.0916. The van der Waals surface area contributed by atoms with Crippen LogP contribution < -0.4 is 11.1 Å². The Labute approximate surface area is 128 Å². The summed E-state index contributed by atoms with van der Waals surface area (Å²) in [5.41, 5.74) is 7.72. The molecular weight excluding hydrogens is 288 g/mol. The Balaban J connectivity index is 1.92. The van der Waals surface area contributed by atoms with Crippen LogP contribution in [0.4, 0.5) is 0 Å². The van der Waals surface area contributed by atoms with Crippen LogP contribution in [-0.2, 0) is 6.54 Å². The molecule has 0 saturated heterocycles. The zero-order valence-electron chi connectivity index (χ0n) is 11.4. The number of aliphatic hydroxyl groups excluding tert-OH is 1. The van der Waals surface area contributed by atoms with Crippen molar-refractivity contribution in [3.05, 3.63) is 70.2 Å². The van der Waals surface area contributed by atoms with E-state index in [-0.39, 0.29) is 12.5 Å². The minimum atomic E-state index is -0.769. The van der Waals surface area contributed by atoms with Crippen LogP contribution in [0.1, 0.15) is 27.6 Å². The van der Waals surface area contributed by atoms with E-state index in [2.05, 4.69) is 5.32 Å². The first-order chi connectivity index (χ1) is 10.1. The molecule has 1 unspecified atom stereocenters. The predicted molar refractivity (Wildman–Crippen MR) is 83.1 cm³/mol. The molecule has 0 aliphatic carbocycles. The summed E-state index contributed by atoms with van der Waals surface area (Å²) < 4.78 is 0. The molecule has 0 spiro atoms. The summed E-state index contributed by atoms with van der Waals surface area (Å²) in [7, 11) is 0. The number of benzene rings is 2. The third-order valence-electron chi connectivity index (χ3n) is 3.16. The predicted octanol–water partition coefficient (Wildman–Crippen LogP) is 2.26. The van der Waals surface area contributed by atoms with Gasteiger partial charge in [-0.15, -0.1) is 0 Å². The van der Waals surface area contributed by atoms with E-state index in [0.717, 1.165) is 5.56 Å². The number of carbonyl (C=O) groups excluding carboxylic acids is 1. The Morgan fingerprint density at radius 1 is 1.14 bits per heavy atom. The fourth-order valence-corrected chi connectivity index (χ4v) is 2.01. The highest BCUT2D eigenvalue weighted by molar-refractivity contribution is 6.30. The monoisotopic (exact) mass is 304 g/mol. The maximum absolute atomic E-state index is 12.0. The Morgan fingerprint density at radius 2 is 1.76 bits per heavy atom. The summed E-state index contributed by atoms with van der Waals surface area (Å²) in [4.78, 5) is 12.0. The topological polar surface area (TPSA) is 75.4 Å². The molecule has 5 heteroatoms. The standard InChI is InChI=1S/C16H17ClN2O2/c17-14-7-5-12(6-8-14)15(20)10-19-16(21)13-3-1-11(9-18)2-4-13/h1-8,15,20H,9-10,18H2,(H,19,21). The third kappa shape index (κ3) is 4.29. The van der Waals surface area contributed by atoms with Crippen molar-refractivity contribution in [3.63, 3.8) is 0 Å². The van der Waals surface area contributed by atoms with E-state index in [0.29, 0.717) is 22.7 Å². The number of rotatable bonds is 5. The molecular formula is C16H17ClN2O2. The lowest BCUT2D eigenvalue weighted by Gasteiger charge is -2.12. The normalized spacial score (nSPS) is 12.0. The van der Waals surface area contributed by atoms with Crippen molar-refractivity contribution in [3.8, 4) is 0 Å². The van der Waals surface area contributed by atoms with Crippen LogP contribution >= 0.6 is 11.6 Å². The van der Waals surface area contributed by atoms with Gasteiger partial charge in [0.2, 0.25) is 0 Å². The lowest BCUT2D eigenvalue weighted by atomic mass is 10.1. The third-order valence-corrected chi connectivity index (χ3v) is 3.41. The smallest absolute Gasteiger partial charge is 0.251 e. The molecule has 110 valence electrons. The van der Waals surface area contributed by atoms with Gasteiger partial charge in [-0.2, -0.15) is 0 Å². The molecule has 0 fully saturated rings. The number of carbonyl (C=O) groups is 1. The number of aliphatic hydroxyl groups is 1. The maximum Gasteiger partial charge on any atom is 0.251 e. The van der Waals surface area contributed by atoms with Crippen molar-refractivity contribution in [1.29, 1.82) is 0 Å². The summed E-state index contributed by atoms with van der Waals surface area (Å²) in [6.45, 7) is 0.580. The van der Waals surface area contributed by atoms with Gasteiger partial charge in [-0.1, -0.05) is 35.9 Å². The number of amides is 1. The molecule has 1 amide bonds. The molecule has 0 saturated carbocycles. The van der Waals surface area contributed by atoms with Crippen LogP contribution in [0.25, 0.3) is 0 Å². The highest BCUT2D eigenvalue weighted by Gasteiger charge is 2.10. The first-order valence-electron chi connectivity index (χ1n) is 6.61. The van der Waals surface area contributed by atoms with Crippen LogP contribution in [0.2, 0.25) is 5.02 Å². The molecule has 2 aromatic rings. The number of hydrogen-bond donors (Lipinski definition) is 3. The number of hydrogen-bond acceptors (Lipinski definition) is 3. The van der Waals surface area contributed by atoms with E-state index in [1.165, 1.54) is 0 Å². The largest absolute Gasteiger partial charge is 0.387 e. The molecule has 4 nitrogen and oxygen atoms in total. The summed E-state index contributed by atoms with van der Waals surface area (Å²) in [6.07, 6.45) is -0.769. The van der Waals surface area contributed by atoms with Crippen LogP contribution in [0, 0.1) is 0 Å². The second-order valence-corrected chi connectivity index (χ2v) is 5.11. The Kier molecular flexibility index (Phi) is 5.33. The number of halogens is 1. The quantitative estimate of drug-likeness (QED) is 0.793. The number of nitrogens with two attached hydrogens (primary N) is 1.